The first-order valence-corrected chi connectivity index (χ1v) is 11.5. The summed E-state index contributed by atoms with van der Waals surface area (Å²) in [5, 5.41) is 9.92. The molecule has 0 aliphatic carbocycles. The van der Waals surface area contributed by atoms with Crippen LogP contribution in [0.2, 0.25) is 0 Å². The van der Waals surface area contributed by atoms with Gasteiger partial charge in [0.25, 0.3) is 5.91 Å². The predicted molar refractivity (Wildman–Crippen MR) is 112 cm³/mol. The topological polar surface area (TPSA) is 73.7 Å². The van der Waals surface area contributed by atoms with Crippen molar-refractivity contribution in [1.82, 2.24) is 9.88 Å². The number of amides is 1. The third-order valence-corrected chi connectivity index (χ3v) is 6.67. The van der Waals surface area contributed by atoms with Gasteiger partial charge in [-0.3, -0.25) is 9.59 Å². The summed E-state index contributed by atoms with van der Waals surface area (Å²) < 4.78 is 0. The fourth-order valence-corrected chi connectivity index (χ4v) is 4.90. The zero-order valence-electron chi connectivity index (χ0n) is 16.7. The molecule has 0 bridgehead atoms. The third kappa shape index (κ3) is 5.40. The normalized spacial score (nSPS) is 20.2. The van der Waals surface area contributed by atoms with E-state index < -0.39 is 5.97 Å². The maximum atomic E-state index is 13.0. The molecule has 1 aromatic rings. The van der Waals surface area contributed by atoms with Crippen LogP contribution in [-0.2, 0) is 4.79 Å². The van der Waals surface area contributed by atoms with Crippen LogP contribution in [0.4, 0.5) is 5.82 Å². The lowest BCUT2D eigenvalue weighted by molar-refractivity contribution is -0.138. The molecule has 2 aliphatic heterocycles. The number of thioether (sulfide) groups is 1. The zero-order chi connectivity index (χ0) is 19.9. The molecule has 2 saturated heterocycles. The second-order valence-electron chi connectivity index (χ2n) is 7.78. The number of carbonyl (C=O) groups excluding carboxylic acids is 1. The molecule has 3 rings (SSSR count). The van der Waals surface area contributed by atoms with Crippen LogP contribution in [0, 0.1) is 5.92 Å². The van der Waals surface area contributed by atoms with Crippen molar-refractivity contribution in [2.24, 2.45) is 5.92 Å². The van der Waals surface area contributed by atoms with Crippen LogP contribution in [0.25, 0.3) is 0 Å². The van der Waals surface area contributed by atoms with Gasteiger partial charge in [-0.2, -0.15) is 0 Å². The lowest BCUT2D eigenvalue weighted by Gasteiger charge is -2.33. The molecule has 0 saturated carbocycles. The Bertz CT molecular complexity index is 691. The summed E-state index contributed by atoms with van der Waals surface area (Å²) in [5.41, 5.74) is 0.711. The Labute approximate surface area is 171 Å². The van der Waals surface area contributed by atoms with Gasteiger partial charge in [0.05, 0.1) is 5.56 Å². The highest BCUT2D eigenvalue weighted by Gasteiger charge is 2.26. The third-order valence-electron chi connectivity index (χ3n) is 5.47. The second kappa shape index (κ2) is 10.1. The number of rotatable bonds is 7. The number of aromatic nitrogens is 1. The number of aliphatic carboxylic acids is 1. The molecule has 1 aromatic heterocycles. The average Bonchev–Trinajstić information content (AvgIpc) is 2.72. The van der Waals surface area contributed by atoms with Gasteiger partial charge in [-0.05, 0) is 62.3 Å². The molecular weight excluding hydrogens is 374 g/mol. The molecule has 0 aromatic carbocycles. The van der Waals surface area contributed by atoms with Gasteiger partial charge >= 0.3 is 5.97 Å². The highest BCUT2D eigenvalue weighted by molar-refractivity contribution is 7.99. The van der Waals surface area contributed by atoms with E-state index in [1.165, 1.54) is 6.42 Å². The van der Waals surface area contributed by atoms with Gasteiger partial charge in [0.2, 0.25) is 0 Å². The lowest BCUT2D eigenvalue weighted by Crippen LogP contribution is -2.37. The van der Waals surface area contributed by atoms with Crippen molar-refractivity contribution < 1.29 is 14.7 Å². The van der Waals surface area contributed by atoms with Crippen LogP contribution in [0.1, 0.15) is 62.2 Å². The number of likely N-dealkylation sites (tertiary alicyclic amines) is 1. The number of piperidine rings is 2. The Morgan fingerprint density at radius 2 is 1.96 bits per heavy atom. The van der Waals surface area contributed by atoms with E-state index >= 15 is 0 Å². The summed E-state index contributed by atoms with van der Waals surface area (Å²) in [5.74, 6) is 1.32. The van der Waals surface area contributed by atoms with Gasteiger partial charge in [-0.15, -0.1) is 11.8 Å². The molecule has 28 heavy (non-hydrogen) atoms. The minimum atomic E-state index is -0.735. The van der Waals surface area contributed by atoms with Crippen molar-refractivity contribution in [2.45, 2.75) is 56.9 Å². The summed E-state index contributed by atoms with van der Waals surface area (Å²) >= 11 is 1.65. The number of hydrogen-bond acceptors (Lipinski definition) is 5. The van der Waals surface area contributed by atoms with Crippen molar-refractivity contribution in [3.8, 4) is 0 Å². The van der Waals surface area contributed by atoms with E-state index in [1.807, 2.05) is 17.0 Å². The van der Waals surface area contributed by atoms with Crippen LogP contribution in [0.3, 0.4) is 0 Å². The van der Waals surface area contributed by atoms with E-state index in [9.17, 15) is 9.59 Å². The maximum absolute atomic E-state index is 13.0. The summed E-state index contributed by atoms with van der Waals surface area (Å²) in [4.78, 5) is 33.1. The van der Waals surface area contributed by atoms with Crippen molar-refractivity contribution in [2.75, 3.05) is 36.8 Å². The molecular formula is C21H31N3O3S. The molecule has 1 N–H and O–H groups in total. The Morgan fingerprint density at radius 1 is 1.18 bits per heavy atom. The van der Waals surface area contributed by atoms with Crippen LogP contribution >= 0.6 is 11.8 Å². The van der Waals surface area contributed by atoms with Gasteiger partial charge in [0.1, 0.15) is 10.8 Å². The molecule has 1 atom stereocenters. The summed E-state index contributed by atoms with van der Waals surface area (Å²) in [6, 6.07) is 3.87. The van der Waals surface area contributed by atoms with Gasteiger partial charge in [0.15, 0.2) is 0 Å². The van der Waals surface area contributed by atoms with E-state index in [2.05, 4.69) is 11.8 Å². The number of anilines is 1. The molecule has 7 heteroatoms. The van der Waals surface area contributed by atoms with E-state index in [0.717, 1.165) is 74.9 Å². The Hall–Kier alpha value is -1.76. The van der Waals surface area contributed by atoms with E-state index in [1.54, 1.807) is 11.8 Å². The quantitative estimate of drug-likeness (QED) is 0.694. The largest absolute Gasteiger partial charge is 0.481 e. The van der Waals surface area contributed by atoms with Crippen LogP contribution in [0.15, 0.2) is 17.2 Å². The Balaban J connectivity index is 1.79. The zero-order valence-corrected chi connectivity index (χ0v) is 17.5. The molecule has 0 spiro atoms. The first-order chi connectivity index (χ1) is 13.6. The van der Waals surface area contributed by atoms with Crippen molar-refractivity contribution in [3.63, 3.8) is 0 Å². The predicted octanol–water partition coefficient (Wildman–Crippen LogP) is 3.90. The number of carbonyl (C=O) groups is 2. The monoisotopic (exact) mass is 405 g/mol. The summed E-state index contributed by atoms with van der Waals surface area (Å²) in [6.45, 7) is 5.41. The number of pyridine rings is 1. The standard InChI is InChI=1S/C21H31N3O3S/c1-2-13-28-20-17(21(27)23-10-4-3-5-11-23)8-9-18(22-20)24-12-6-7-16(15-24)14-19(25)26/h8-9,16H,2-7,10-15H2,1H3,(H,25,26). The molecule has 1 unspecified atom stereocenters. The number of carboxylic acid groups (broad SMARTS) is 1. The molecule has 0 radical (unpaired) electrons. The van der Waals surface area contributed by atoms with Crippen molar-refractivity contribution in [3.05, 3.63) is 17.7 Å². The smallest absolute Gasteiger partial charge is 0.303 e. The molecule has 6 nitrogen and oxygen atoms in total. The Kier molecular flexibility index (Phi) is 7.59. The highest BCUT2D eigenvalue weighted by atomic mass is 32.2. The molecule has 154 valence electrons. The van der Waals surface area contributed by atoms with E-state index in [-0.39, 0.29) is 18.2 Å². The minimum Gasteiger partial charge on any atom is -0.481 e. The van der Waals surface area contributed by atoms with Crippen LogP contribution in [-0.4, -0.2) is 58.8 Å². The van der Waals surface area contributed by atoms with Gasteiger partial charge in [0, 0.05) is 32.6 Å². The number of carboxylic acids is 1. The second-order valence-corrected chi connectivity index (χ2v) is 8.86. The number of hydrogen-bond donors (Lipinski definition) is 1. The van der Waals surface area contributed by atoms with E-state index in [4.69, 9.17) is 10.1 Å². The highest BCUT2D eigenvalue weighted by Crippen LogP contribution is 2.29. The fraction of sp³-hybridized carbons (Fsp3) is 0.667. The lowest BCUT2D eigenvalue weighted by atomic mass is 9.95. The van der Waals surface area contributed by atoms with Gasteiger partial charge in [-0.1, -0.05) is 6.92 Å². The maximum Gasteiger partial charge on any atom is 0.303 e. The van der Waals surface area contributed by atoms with Crippen LogP contribution in [0.5, 0.6) is 0 Å². The summed E-state index contributed by atoms with van der Waals surface area (Å²) in [7, 11) is 0. The van der Waals surface area contributed by atoms with Gasteiger partial charge in [-0.25, -0.2) is 4.98 Å². The van der Waals surface area contributed by atoms with Crippen LogP contribution < -0.4 is 4.90 Å². The first kappa shape index (κ1) is 21.0. The first-order valence-electron chi connectivity index (χ1n) is 10.5. The molecule has 2 fully saturated rings. The summed E-state index contributed by atoms with van der Waals surface area (Å²) in [6.07, 6.45) is 6.51. The fourth-order valence-electron chi connectivity index (χ4n) is 4.03. The number of nitrogens with zero attached hydrogens (tertiary/aromatic N) is 3. The minimum absolute atomic E-state index is 0.0970. The van der Waals surface area contributed by atoms with E-state index in [0.29, 0.717) is 5.56 Å². The van der Waals surface area contributed by atoms with Crippen molar-refractivity contribution >= 4 is 29.5 Å². The average molecular weight is 406 g/mol. The molecule has 3 heterocycles. The van der Waals surface area contributed by atoms with Gasteiger partial charge < -0.3 is 14.9 Å². The Morgan fingerprint density at radius 3 is 2.68 bits per heavy atom. The SMILES string of the molecule is CCCSc1nc(N2CCCC(CC(=O)O)C2)ccc1C(=O)N1CCCCC1. The molecule has 1 amide bonds. The van der Waals surface area contributed by atoms with Crippen molar-refractivity contribution in [1.29, 1.82) is 0 Å². The molecule has 2 aliphatic rings.